The van der Waals surface area contributed by atoms with Gasteiger partial charge in [0.2, 0.25) is 17.7 Å². The van der Waals surface area contributed by atoms with Crippen LogP contribution in [0, 0.1) is 0 Å². The van der Waals surface area contributed by atoms with Crippen molar-refractivity contribution < 1.29 is 14.4 Å². The minimum atomic E-state index is -0.351. The van der Waals surface area contributed by atoms with E-state index in [-0.39, 0.29) is 42.6 Å². The molecule has 122 valence electrons. The number of anilines is 1. The minimum Gasteiger partial charge on any atom is -0.305 e. The standard InChI is InChI=1S/C18H22N2O3/c1-12-10-18(2,3)20(14-7-5-4-6-13(12)14)17(23)11-19-15(21)8-9-16(19)22/h4-7,12H,8-11H2,1-3H3/t12-/m1/s1. The van der Waals surface area contributed by atoms with E-state index in [0.717, 1.165) is 22.6 Å². The van der Waals surface area contributed by atoms with E-state index >= 15 is 0 Å². The van der Waals surface area contributed by atoms with Crippen LogP contribution < -0.4 is 4.90 Å². The summed E-state index contributed by atoms with van der Waals surface area (Å²) in [6.07, 6.45) is 1.27. The normalized spacial score (nSPS) is 23.2. The van der Waals surface area contributed by atoms with Gasteiger partial charge in [0.05, 0.1) is 0 Å². The number of para-hydroxylation sites is 1. The molecule has 1 aromatic carbocycles. The zero-order valence-electron chi connectivity index (χ0n) is 13.8. The Bertz CT molecular complexity index is 665. The molecule has 0 N–H and O–H groups in total. The lowest BCUT2D eigenvalue weighted by Crippen LogP contribution is -2.55. The Morgan fingerprint density at radius 3 is 2.43 bits per heavy atom. The lowest BCUT2D eigenvalue weighted by atomic mass is 9.80. The third-order valence-corrected chi connectivity index (χ3v) is 4.82. The smallest absolute Gasteiger partial charge is 0.247 e. The first kappa shape index (κ1) is 15.7. The summed E-state index contributed by atoms with van der Waals surface area (Å²) in [5, 5.41) is 0. The van der Waals surface area contributed by atoms with Crippen molar-refractivity contribution >= 4 is 23.4 Å². The molecule has 3 rings (SSSR count). The molecule has 5 nitrogen and oxygen atoms in total. The van der Waals surface area contributed by atoms with Gasteiger partial charge in [0.1, 0.15) is 6.54 Å². The van der Waals surface area contributed by atoms with Crippen LogP contribution in [0.4, 0.5) is 5.69 Å². The number of rotatable bonds is 2. The van der Waals surface area contributed by atoms with Gasteiger partial charge in [0.15, 0.2) is 0 Å². The van der Waals surface area contributed by atoms with Gasteiger partial charge in [-0.15, -0.1) is 0 Å². The number of hydrogen-bond acceptors (Lipinski definition) is 3. The Morgan fingerprint density at radius 2 is 1.78 bits per heavy atom. The summed E-state index contributed by atoms with van der Waals surface area (Å²) < 4.78 is 0. The SMILES string of the molecule is C[C@@H]1CC(C)(C)N(C(=O)CN2C(=O)CCC2=O)c2ccccc21. The van der Waals surface area contributed by atoms with Gasteiger partial charge < -0.3 is 4.90 Å². The molecule has 0 spiro atoms. The van der Waals surface area contributed by atoms with Crippen LogP contribution in [0.1, 0.15) is 51.5 Å². The molecule has 0 aliphatic carbocycles. The maximum atomic E-state index is 12.9. The second-order valence-electron chi connectivity index (χ2n) is 7.08. The van der Waals surface area contributed by atoms with Crippen LogP contribution in [0.25, 0.3) is 0 Å². The number of amides is 3. The highest BCUT2D eigenvalue weighted by molar-refractivity contribution is 6.07. The summed E-state index contributed by atoms with van der Waals surface area (Å²) in [6, 6.07) is 7.88. The fourth-order valence-corrected chi connectivity index (χ4v) is 3.86. The molecule has 1 fully saturated rings. The third kappa shape index (κ3) is 2.64. The van der Waals surface area contributed by atoms with Crippen LogP contribution in [0.3, 0.4) is 0 Å². The Morgan fingerprint density at radius 1 is 1.17 bits per heavy atom. The molecule has 2 heterocycles. The van der Waals surface area contributed by atoms with Gasteiger partial charge in [0.25, 0.3) is 0 Å². The van der Waals surface area contributed by atoms with Crippen LogP contribution in [0.5, 0.6) is 0 Å². The zero-order valence-corrected chi connectivity index (χ0v) is 13.8. The average Bonchev–Trinajstić information content (AvgIpc) is 2.78. The van der Waals surface area contributed by atoms with Gasteiger partial charge in [-0.3, -0.25) is 19.3 Å². The fourth-order valence-electron chi connectivity index (χ4n) is 3.86. The number of carbonyl (C=O) groups is 3. The molecule has 1 saturated heterocycles. The van der Waals surface area contributed by atoms with Gasteiger partial charge in [0, 0.05) is 24.1 Å². The van der Waals surface area contributed by atoms with Crippen LogP contribution in [0.15, 0.2) is 24.3 Å². The van der Waals surface area contributed by atoms with Crippen LogP contribution in [-0.4, -0.2) is 34.7 Å². The number of fused-ring (bicyclic) bond motifs is 1. The highest BCUT2D eigenvalue weighted by Gasteiger charge is 2.41. The first-order valence-electron chi connectivity index (χ1n) is 8.06. The van der Waals surface area contributed by atoms with E-state index in [1.54, 1.807) is 4.90 Å². The molecule has 1 aromatic rings. The summed E-state index contributed by atoms with van der Waals surface area (Å²) in [4.78, 5) is 39.4. The number of imide groups is 1. The predicted molar refractivity (Wildman–Crippen MR) is 87.0 cm³/mol. The van der Waals surface area contributed by atoms with Crippen molar-refractivity contribution in [2.45, 2.75) is 51.5 Å². The van der Waals surface area contributed by atoms with Crippen molar-refractivity contribution in [3.63, 3.8) is 0 Å². The van der Waals surface area contributed by atoms with Gasteiger partial charge in [-0.25, -0.2) is 0 Å². The van der Waals surface area contributed by atoms with E-state index in [1.807, 2.05) is 38.1 Å². The van der Waals surface area contributed by atoms with Gasteiger partial charge in [-0.05, 0) is 37.8 Å². The quantitative estimate of drug-likeness (QED) is 0.788. The van der Waals surface area contributed by atoms with E-state index in [1.165, 1.54) is 0 Å². The van der Waals surface area contributed by atoms with Gasteiger partial charge >= 0.3 is 0 Å². The fraction of sp³-hybridized carbons (Fsp3) is 0.500. The molecule has 23 heavy (non-hydrogen) atoms. The summed E-state index contributed by atoms with van der Waals surface area (Å²) in [5.41, 5.74) is 1.68. The number of carbonyl (C=O) groups excluding carboxylic acids is 3. The number of benzene rings is 1. The van der Waals surface area contributed by atoms with Crippen LogP contribution in [-0.2, 0) is 14.4 Å². The molecule has 3 amide bonds. The molecule has 0 unspecified atom stereocenters. The van der Waals surface area contributed by atoms with E-state index in [0.29, 0.717) is 5.92 Å². The molecule has 0 saturated carbocycles. The summed E-state index contributed by atoms with van der Waals surface area (Å²) in [6.45, 7) is 6.07. The van der Waals surface area contributed by atoms with Crippen LogP contribution >= 0.6 is 0 Å². The zero-order chi connectivity index (χ0) is 16.8. The number of hydrogen-bond donors (Lipinski definition) is 0. The van der Waals surface area contributed by atoms with E-state index in [2.05, 4.69) is 6.92 Å². The van der Waals surface area contributed by atoms with E-state index < -0.39 is 0 Å². The molecule has 1 atom stereocenters. The summed E-state index contributed by atoms with van der Waals surface area (Å²) >= 11 is 0. The molecule has 2 aliphatic rings. The first-order valence-corrected chi connectivity index (χ1v) is 8.06. The van der Waals surface area contributed by atoms with Crippen molar-refractivity contribution in [1.82, 2.24) is 4.90 Å². The monoisotopic (exact) mass is 314 g/mol. The van der Waals surface area contributed by atoms with E-state index in [4.69, 9.17) is 0 Å². The minimum absolute atomic E-state index is 0.163. The lowest BCUT2D eigenvalue weighted by molar-refractivity contribution is -0.142. The lowest BCUT2D eigenvalue weighted by Gasteiger charge is -2.46. The summed E-state index contributed by atoms with van der Waals surface area (Å²) in [5.74, 6) is -0.335. The van der Waals surface area contributed by atoms with E-state index in [9.17, 15) is 14.4 Å². The van der Waals surface area contributed by atoms with Crippen molar-refractivity contribution in [2.24, 2.45) is 0 Å². The van der Waals surface area contributed by atoms with Crippen molar-refractivity contribution in [3.05, 3.63) is 29.8 Å². The van der Waals surface area contributed by atoms with Gasteiger partial charge in [-0.2, -0.15) is 0 Å². The third-order valence-electron chi connectivity index (χ3n) is 4.82. The summed E-state index contributed by atoms with van der Waals surface area (Å²) in [7, 11) is 0. The molecular formula is C18H22N2O3. The topological polar surface area (TPSA) is 57.7 Å². The molecule has 0 bridgehead atoms. The van der Waals surface area contributed by atoms with Crippen LogP contribution in [0.2, 0.25) is 0 Å². The van der Waals surface area contributed by atoms with Crippen molar-refractivity contribution in [2.75, 3.05) is 11.4 Å². The molecule has 0 radical (unpaired) electrons. The molecule has 0 aromatic heterocycles. The Labute approximate surface area is 136 Å². The molecule has 2 aliphatic heterocycles. The second-order valence-corrected chi connectivity index (χ2v) is 7.08. The second kappa shape index (κ2) is 5.48. The largest absolute Gasteiger partial charge is 0.305 e. The predicted octanol–water partition coefficient (Wildman–Crippen LogP) is 2.45. The maximum Gasteiger partial charge on any atom is 0.247 e. The Kier molecular flexibility index (Phi) is 3.74. The Hall–Kier alpha value is -2.17. The molecular weight excluding hydrogens is 292 g/mol. The van der Waals surface area contributed by atoms with Crippen molar-refractivity contribution in [3.8, 4) is 0 Å². The highest BCUT2D eigenvalue weighted by Crippen LogP contribution is 2.43. The number of nitrogens with zero attached hydrogens (tertiary/aromatic N) is 2. The molecule has 5 heteroatoms. The maximum absolute atomic E-state index is 12.9. The number of likely N-dealkylation sites (tertiary alicyclic amines) is 1. The highest BCUT2D eigenvalue weighted by atomic mass is 16.2. The Balaban J connectivity index is 1.93. The van der Waals surface area contributed by atoms with Crippen molar-refractivity contribution in [1.29, 1.82) is 0 Å². The first-order chi connectivity index (χ1) is 10.8. The van der Waals surface area contributed by atoms with Gasteiger partial charge in [-0.1, -0.05) is 25.1 Å². The average molecular weight is 314 g/mol.